The van der Waals surface area contributed by atoms with Crippen molar-refractivity contribution in [1.82, 2.24) is 9.78 Å². The van der Waals surface area contributed by atoms with Crippen molar-refractivity contribution in [3.05, 3.63) is 51.8 Å². The van der Waals surface area contributed by atoms with E-state index in [0.29, 0.717) is 17.1 Å². The van der Waals surface area contributed by atoms with E-state index in [0.717, 1.165) is 18.5 Å². The highest BCUT2D eigenvalue weighted by atomic mass is 35.5. The molecule has 0 saturated heterocycles. The van der Waals surface area contributed by atoms with Crippen LogP contribution in [0.3, 0.4) is 0 Å². The van der Waals surface area contributed by atoms with Crippen LogP contribution in [0.4, 0.5) is 0 Å². The van der Waals surface area contributed by atoms with Crippen LogP contribution in [-0.2, 0) is 13.0 Å². The second-order valence-corrected chi connectivity index (χ2v) is 5.65. The lowest BCUT2D eigenvalue weighted by molar-refractivity contribution is 0.166. The monoisotopic (exact) mass is 292 g/mol. The average molecular weight is 293 g/mol. The van der Waals surface area contributed by atoms with Gasteiger partial charge >= 0.3 is 0 Å². The zero-order valence-electron chi connectivity index (χ0n) is 12.2. The van der Waals surface area contributed by atoms with Crippen LogP contribution in [0.2, 0.25) is 5.02 Å². The summed E-state index contributed by atoms with van der Waals surface area (Å²) >= 11 is 6.15. The lowest BCUT2D eigenvalue weighted by Gasteiger charge is -2.14. The van der Waals surface area contributed by atoms with Gasteiger partial charge in [0.05, 0.1) is 16.9 Å². The number of aromatic nitrogens is 2. The maximum atomic E-state index is 10.5. The Kier molecular flexibility index (Phi) is 4.84. The third-order valence-electron chi connectivity index (χ3n) is 3.58. The Labute approximate surface area is 125 Å². The Morgan fingerprint density at radius 2 is 2.05 bits per heavy atom. The predicted molar refractivity (Wildman–Crippen MR) is 82.1 cm³/mol. The summed E-state index contributed by atoms with van der Waals surface area (Å²) < 4.78 is 1.80. The van der Waals surface area contributed by atoms with Crippen LogP contribution in [0, 0.1) is 13.8 Å². The van der Waals surface area contributed by atoms with Crippen LogP contribution in [-0.4, -0.2) is 14.9 Å². The van der Waals surface area contributed by atoms with E-state index in [1.54, 1.807) is 10.9 Å². The number of halogens is 1. The molecule has 1 atom stereocenters. The van der Waals surface area contributed by atoms with Crippen LogP contribution in [0.15, 0.2) is 24.4 Å². The number of rotatable bonds is 5. The zero-order valence-corrected chi connectivity index (χ0v) is 13.0. The van der Waals surface area contributed by atoms with Crippen molar-refractivity contribution in [2.45, 2.75) is 46.3 Å². The molecular weight excluding hydrogens is 272 g/mol. The summed E-state index contributed by atoms with van der Waals surface area (Å²) in [5.41, 5.74) is 4.33. The third-order valence-corrected chi connectivity index (χ3v) is 3.88. The van der Waals surface area contributed by atoms with Gasteiger partial charge < -0.3 is 5.11 Å². The normalized spacial score (nSPS) is 12.7. The molecule has 1 aromatic carbocycles. The molecular formula is C16H21ClN2O. The topological polar surface area (TPSA) is 38.0 Å². The predicted octanol–water partition coefficient (Wildman–Crippen LogP) is 3.84. The van der Waals surface area contributed by atoms with Crippen LogP contribution in [0.5, 0.6) is 0 Å². The van der Waals surface area contributed by atoms with Gasteiger partial charge in [0.2, 0.25) is 0 Å². The number of aryl methyl sites for hydroxylation is 3. The number of nitrogens with zero attached hydrogens (tertiary/aromatic N) is 2. The first-order chi connectivity index (χ1) is 9.52. The summed E-state index contributed by atoms with van der Waals surface area (Å²) in [6.07, 6.45) is 2.49. The minimum Gasteiger partial charge on any atom is -0.386 e. The Morgan fingerprint density at radius 1 is 1.30 bits per heavy atom. The van der Waals surface area contributed by atoms with Crippen molar-refractivity contribution in [3.63, 3.8) is 0 Å². The summed E-state index contributed by atoms with van der Waals surface area (Å²) in [7, 11) is 0. The van der Waals surface area contributed by atoms with Crippen LogP contribution in [0.25, 0.3) is 0 Å². The maximum absolute atomic E-state index is 10.5. The molecule has 20 heavy (non-hydrogen) atoms. The van der Waals surface area contributed by atoms with Gasteiger partial charge in [-0.25, -0.2) is 0 Å². The molecule has 2 aromatic rings. The molecule has 0 radical (unpaired) electrons. The summed E-state index contributed by atoms with van der Waals surface area (Å²) in [4.78, 5) is 0. The lowest BCUT2D eigenvalue weighted by Crippen LogP contribution is -2.11. The Bertz CT molecular complexity index is 592. The molecule has 0 saturated carbocycles. The van der Waals surface area contributed by atoms with Gasteiger partial charge in [-0.2, -0.15) is 5.10 Å². The molecule has 0 aliphatic carbocycles. The smallest absolute Gasteiger partial charge is 0.101 e. The van der Waals surface area contributed by atoms with E-state index >= 15 is 0 Å². The quantitative estimate of drug-likeness (QED) is 0.909. The first kappa shape index (κ1) is 15.1. The summed E-state index contributed by atoms with van der Waals surface area (Å²) in [6.45, 7) is 7.02. The second-order valence-electron chi connectivity index (χ2n) is 5.24. The van der Waals surface area contributed by atoms with Gasteiger partial charge in [0.15, 0.2) is 0 Å². The fourth-order valence-corrected chi connectivity index (χ4v) is 2.61. The van der Waals surface area contributed by atoms with E-state index in [-0.39, 0.29) is 0 Å². The van der Waals surface area contributed by atoms with Crippen molar-refractivity contribution in [2.75, 3.05) is 0 Å². The largest absolute Gasteiger partial charge is 0.386 e. The molecule has 1 aromatic heterocycles. The van der Waals surface area contributed by atoms with Gasteiger partial charge in [-0.1, -0.05) is 36.7 Å². The summed E-state index contributed by atoms with van der Waals surface area (Å²) in [6, 6.07) is 6.26. The van der Waals surface area contributed by atoms with Gasteiger partial charge in [-0.15, -0.1) is 0 Å². The highest BCUT2D eigenvalue weighted by molar-refractivity contribution is 6.31. The van der Waals surface area contributed by atoms with Crippen LogP contribution in [0.1, 0.15) is 41.8 Å². The number of hydrogen-bond donors (Lipinski definition) is 1. The van der Waals surface area contributed by atoms with Crippen molar-refractivity contribution in [1.29, 1.82) is 0 Å². The van der Waals surface area contributed by atoms with Gasteiger partial charge in [0.25, 0.3) is 0 Å². The van der Waals surface area contributed by atoms with E-state index in [1.165, 1.54) is 11.1 Å². The van der Waals surface area contributed by atoms with Crippen molar-refractivity contribution < 1.29 is 5.11 Å². The molecule has 1 unspecified atom stereocenters. The van der Waals surface area contributed by atoms with E-state index in [4.69, 9.17) is 11.6 Å². The molecule has 1 heterocycles. The van der Waals surface area contributed by atoms with Crippen molar-refractivity contribution in [2.24, 2.45) is 0 Å². The van der Waals surface area contributed by atoms with Crippen LogP contribution < -0.4 is 0 Å². The standard InChI is InChI=1S/C16H21ClN2O/c1-4-7-19-16(14(17)10-18-19)15(20)9-13-6-5-11(2)12(3)8-13/h5-6,8,10,15,20H,4,7,9H2,1-3H3. The zero-order chi connectivity index (χ0) is 14.7. The Balaban J connectivity index is 2.21. The van der Waals surface area contributed by atoms with Crippen molar-refractivity contribution in [3.8, 4) is 0 Å². The van der Waals surface area contributed by atoms with Gasteiger partial charge in [-0.3, -0.25) is 4.68 Å². The van der Waals surface area contributed by atoms with Crippen molar-refractivity contribution >= 4 is 11.6 Å². The molecule has 2 rings (SSSR count). The highest BCUT2D eigenvalue weighted by Gasteiger charge is 2.18. The van der Waals surface area contributed by atoms with Gasteiger partial charge in [0.1, 0.15) is 6.10 Å². The number of aliphatic hydroxyl groups excluding tert-OH is 1. The molecule has 108 valence electrons. The molecule has 0 amide bonds. The summed E-state index contributed by atoms with van der Waals surface area (Å²) in [5, 5.41) is 15.2. The minimum absolute atomic E-state index is 0.537. The van der Waals surface area contributed by atoms with Gasteiger partial charge in [0, 0.05) is 13.0 Å². The molecule has 0 fully saturated rings. The Hall–Kier alpha value is -1.32. The molecule has 0 spiro atoms. The SMILES string of the molecule is CCCn1ncc(Cl)c1C(O)Cc1ccc(C)c(C)c1. The lowest BCUT2D eigenvalue weighted by atomic mass is 10.0. The highest BCUT2D eigenvalue weighted by Crippen LogP contribution is 2.26. The fourth-order valence-electron chi connectivity index (χ4n) is 2.34. The molecule has 3 nitrogen and oxygen atoms in total. The van der Waals surface area contributed by atoms with Gasteiger partial charge in [-0.05, 0) is 37.0 Å². The number of hydrogen-bond acceptors (Lipinski definition) is 2. The van der Waals surface area contributed by atoms with E-state index < -0.39 is 6.10 Å². The molecule has 0 aliphatic rings. The van der Waals surface area contributed by atoms with E-state index in [1.807, 2.05) is 0 Å². The first-order valence-electron chi connectivity index (χ1n) is 6.98. The van der Waals surface area contributed by atoms with Crippen LogP contribution >= 0.6 is 11.6 Å². The molecule has 4 heteroatoms. The van der Waals surface area contributed by atoms with E-state index in [2.05, 4.69) is 44.1 Å². The first-order valence-corrected chi connectivity index (χ1v) is 7.36. The Morgan fingerprint density at radius 3 is 2.70 bits per heavy atom. The second kappa shape index (κ2) is 6.42. The fraction of sp³-hybridized carbons (Fsp3) is 0.438. The maximum Gasteiger partial charge on any atom is 0.101 e. The minimum atomic E-state index is -0.626. The molecule has 0 aliphatic heterocycles. The molecule has 0 bridgehead atoms. The number of benzene rings is 1. The summed E-state index contributed by atoms with van der Waals surface area (Å²) in [5.74, 6) is 0. The average Bonchev–Trinajstić information content (AvgIpc) is 2.76. The molecule has 1 N–H and O–H groups in total. The number of aliphatic hydroxyl groups is 1. The third kappa shape index (κ3) is 3.22. The van der Waals surface area contributed by atoms with E-state index in [9.17, 15) is 5.11 Å².